The lowest BCUT2D eigenvalue weighted by molar-refractivity contribution is -0.139. The first-order valence-corrected chi connectivity index (χ1v) is 10.9. The Morgan fingerprint density at radius 1 is 0.704 bits per heavy atom. The van der Waals surface area contributed by atoms with Crippen molar-refractivity contribution in [3.8, 4) is 0 Å². The van der Waals surface area contributed by atoms with Gasteiger partial charge in [-0.25, -0.2) is 0 Å². The van der Waals surface area contributed by atoms with Gasteiger partial charge in [0.15, 0.2) is 0 Å². The molecule has 0 amide bonds. The number of ether oxygens (including phenoxy) is 5. The molecule has 2 saturated heterocycles. The lowest BCUT2D eigenvalue weighted by atomic mass is 9.93. The van der Waals surface area contributed by atoms with Gasteiger partial charge in [0.05, 0.1) is 25.4 Å². The summed E-state index contributed by atoms with van der Waals surface area (Å²) in [6.45, 7) is 19.8. The first-order chi connectivity index (χ1) is 12.7. The van der Waals surface area contributed by atoms with Gasteiger partial charge < -0.3 is 23.7 Å². The summed E-state index contributed by atoms with van der Waals surface area (Å²) in [4.78, 5) is 0. The normalized spacial score (nSPS) is 34.9. The fourth-order valence-corrected chi connectivity index (χ4v) is 4.07. The van der Waals surface area contributed by atoms with E-state index in [1.54, 1.807) is 0 Å². The van der Waals surface area contributed by atoms with E-state index < -0.39 is 0 Å². The average molecular weight is 387 g/mol. The van der Waals surface area contributed by atoms with Gasteiger partial charge in [0, 0.05) is 13.2 Å². The third kappa shape index (κ3) is 5.45. The molecule has 0 N–H and O–H groups in total. The van der Waals surface area contributed by atoms with Crippen molar-refractivity contribution in [2.45, 2.75) is 104 Å². The highest BCUT2D eigenvalue weighted by Crippen LogP contribution is 2.48. The number of epoxide rings is 2. The van der Waals surface area contributed by atoms with Crippen LogP contribution >= 0.6 is 0 Å². The van der Waals surface area contributed by atoms with E-state index in [-0.39, 0.29) is 35.6 Å². The molecule has 0 spiro atoms. The molecule has 0 radical (unpaired) electrons. The number of rotatable bonds is 14. The molecule has 0 aromatic carbocycles. The van der Waals surface area contributed by atoms with Gasteiger partial charge in [-0.2, -0.15) is 0 Å². The van der Waals surface area contributed by atoms with E-state index in [1.807, 2.05) is 0 Å². The molecule has 2 heterocycles. The third-order valence-corrected chi connectivity index (χ3v) is 6.02. The highest BCUT2D eigenvalue weighted by atomic mass is 16.7. The molecule has 27 heavy (non-hydrogen) atoms. The van der Waals surface area contributed by atoms with Crippen molar-refractivity contribution >= 4 is 0 Å². The fourth-order valence-electron chi connectivity index (χ4n) is 4.07. The van der Waals surface area contributed by atoms with Crippen LogP contribution in [0.15, 0.2) is 0 Å². The molecule has 160 valence electrons. The minimum atomic E-state index is -0.250. The summed E-state index contributed by atoms with van der Waals surface area (Å²) in [7, 11) is 0. The van der Waals surface area contributed by atoms with Crippen molar-refractivity contribution in [2.75, 3.05) is 26.4 Å². The first kappa shape index (κ1) is 23.1. The maximum atomic E-state index is 6.69. The summed E-state index contributed by atoms with van der Waals surface area (Å²) in [6.07, 6.45) is 2.01. The van der Waals surface area contributed by atoms with Crippen LogP contribution in [0.25, 0.3) is 0 Å². The molecule has 5 nitrogen and oxygen atoms in total. The van der Waals surface area contributed by atoms with Crippen molar-refractivity contribution in [3.63, 3.8) is 0 Å². The molecular formula is C22H42O5. The lowest BCUT2D eigenvalue weighted by Gasteiger charge is -2.32. The van der Waals surface area contributed by atoms with Gasteiger partial charge in [-0.3, -0.25) is 0 Å². The summed E-state index contributed by atoms with van der Waals surface area (Å²) in [5.74, 6) is 0.999. The Balaban J connectivity index is 2.08. The maximum Gasteiger partial charge on any atom is 0.122 e. The second kappa shape index (κ2) is 9.53. The molecule has 6 unspecified atom stereocenters. The number of hydrogen-bond donors (Lipinski definition) is 0. The third-order valence-electron chi connectivity index (χ3n) is 6.02. The Bertz CT molecular complexity index is 406. The minimum absolute atomic E-state index is 0.108. The molecule has 0 saturated carbocycles. The zero-order valence-electron chi connectivity index (χ0n) is 18.7. The largest absolute Gasteiger partial charge is 0.378 e. The molecule has 5 heteroatoms. The average Bonchev–Trinajstić information content (AvgIpc) is 3.47. The molecule has 2 fully saturated rings. The van der Waals surface area contributed by atoms with Crippen molar-refractivity contribution in [3.05, 3.63) is 0 Å². The zero-order valence-corrected chi connectivity index (χ0v) is 18.7. The molecule has 0 bridgehead atoms. The van der Waals surface area contributed by atoms with E-state index in [9.17, 15) is 0 Å². The van der Waals surface area contributed by atoms with Gasteiger partial charge >= 0.3 is 0 Å². The molecule has 6 atom stereocenters. The Labute approximate surface area is 166 Å². The van der Waals surface area contributed by atoms with Crippen LogP contribution in [0.2, 0.25) is 0 Å². The summed E-state index contributed by atoms with van der Waals surface area (Å²) >= 11 is 0. The van der Waals surface area contributed by atoms with E-state index in [0.29, 0.717) is 25.0 Å². The van der Waals surface area contributed by atoms with E-state index in [0.717, 1.165) is 26.1 Å². The van der Waals surface area contributed by atoms with Gasteiger partial charge in [-0.15, -0.1) is 0 Å². The van der Waals surface area contributed by atoms with Gasteiger partial charge in [-0.05, 0) is 38.5 Å². The molecule has 2 rings (SSSR count). The first-order valence-electron chi connectivity index (χ1n) is 10.9. The smallest absolute Gasteiger partial charge is 0.122 e. The molecule has 2 aliphatic rings. The van der Waals surface area contributed by atoms with Crippen molar-refractivity contribution < 1.29 is 23.7 Å². The van der Waals surface area contributed by atoms with Crippen molar-refractivity contribution in [1.82, 2.24) is 0 Å². The van der Waals surface area contributed by atoms with E-state index in [2.05, 4.69) is 55.4 Å². The molecule has 0 aromatic heterocycles. The second-order valence-electron chi connectivity index (χ2n) is 9.11. The molecule has 2 aliphatic heterocycles. The highest BCUT2D eigenvalue weighted by Gasteiger charge is 2.63. The van der Waals surface area contributed by atoms with Crippen LogP contribution < -0.4 is 0 Å². The summed E-state index contributed by atoms with van der Waals surface area (Å²) < 4.78 is 30.7. The van der Waals surface area contributed by atoms with Gasteiger partial charge in [0.1, 0.15) is 23.4 Å². The van der Waals surface area contributed by atoms with Crippen LogP contribution in [-0.2, 0) is 23.7 Å². The van der Waals surface area contributed by atoms with Crippen LogP contribution in [0.4, 0.5) is 0 Å². The summed E-state index contributed by atoms with van der Waals surface area (Å²) in [5, 5.41) is 0. The number of hydrogen-bond acceptors (Lipinski definition) is 5. The Morgan fingerprint density at radius 3 is 1.26 bits per heavy atom. The summed E-state index contributed by atoms with van der Waals surface area (Å²) in [6, 6.07) is 0. The van der Waals surface area contributed by atoms with Crippen LogP contribution in [0.5, 0.6) is 0 Å². The van der Waals surface area contributed by atoms with E-state index in [4.69, 9.17) is 23.7 Å². The molecule has 0 aliphatic carbocycles. The van der Waals surface area contributed by atoms with Crippen LogP contribution in [0, 0.1) is 11.8 Å². The Hall–Kier alpha value is -0.200. The highest BCUT2D eigenvalue weighted by molar-refractivity contribution is 5.09. The monoisotopic (exact) mass is 386 g/mol. The minimum Gasteiger partial charge on any atom is -0.378 e. The Morgan fingerprint density at radius 2 is 1.04 bits per heavy atom. The standard InChI is InChI=1S/C22H42O5/c1-9-21(17(7)26-21)19(13-23-11-15(3)4)25-20(14-24-12-16(5)6)22(10-2)18(8)27-22/h15-20H,9-14H2,1-8H3. The van der Waals surface area contributed by atoms with Crippen molar-refractivity contribution in [2.24, 2.45) is 11.8 Å². The Kier molecular flexibility index (Phi) is 8.15. The molecule has 0 aromatic rings. The second-order valence-corrected chi connectivity index (χ2v) is 9.11. The predicted molar refractivity (Wildman–Crippen MR) is 107 cm³/mol. The molecular weight excluding hydrogens is 344 g/mol. The van der Waals surface area contributed by atoms with Crippen LogP contribution in [-0.4, -0.2) is 62.0 Å². The lowest BCUT2D eigenvalue weighted by Crippen LogP contribution is -2.47. The zero-order chi connectivity index (χ0) is 20.2. The quantitative estimate of drug-likeness (QED) is 0.418. The predicted octanol–water partition coefficient (Wildman–Crippen LogP) is 4.22. The van der Waals surface area contributed by atoms with E-state index in [1.165, 1.54) is 0 Å². The maximum absolute atomic E-state index is 6.69. The van der Waals surface area contributed by atoms with Gasteiger partial charge in [0.25, 0.3) is 0 Å². The van der Waals surface area contributed by atoms with Crippen molar-refractivity contribution in [1.29, 1.82) is 0 Å². The summed E-state index contributed by atoms with van der Waals surface area (Å²) in [5.41, 5.74) is -0.499. The van der Waals surface area contributed by atoms with E-state index >= 15 is 0 Å². The topological polar surface area (TPSA) is 52.8 Å². The van der Waals surface area contributed by atoms with Gasteiger partial charge in [-0.1, -0.05) is 41.5 Å². The fraction of sp³-hybridized carbons (Fsp3) is 1.00. The van der Waals surface area contributed by atoms with Crippen LogP contribution in [0.1, 0.15) is 68.2 Å². The SMILES string of the molecule is CCC1(C(COCC(C)C)OC(COCC(C)C)C2(CC)OC2C)OC1C. The van der Waals surface area contributed by atoms with Gasteiger partial charge in [0.2, 0.25) is 0 Å². The van der Waals surface area contributed by atoms with Crippen LogP contribution in [0.3, 0.4) is 0 Å².